The summed E-state index contributed by atoms with van der Waals surface area (Å²) in [6, 6.07) is -0.506. The highest BCUT2D eigenvalue weighted by Crippen LogP contribution is 2.05. The Hall–Kier alpha value is 0.220. The molecule has 0 saturated carbocycles. The lowest BCUT2D eigenvalue weighted by molar-refractivity contribution is -0.143. The van der Waals surface area contributed by atoms with Crippen LogP contribution in [0.25, 0.3) is 0 Å². The second-order valence-corrected chi connectivity index (χ2v) is 3.56. The number of nitrogens with zero attached hydrogens (tertiary/aromatic N) is 2. The number of hydrogen-bond acceptors (Lipinski definition) is 4. The number of nitrogens with two attached hydrogens (primary N) is 1. The molecular formula is C9H22Cl3N3O2. The second-order valence-electron chi connectivity index (χ2n) is 3.56. The Kier molecular flexibility index (Phi) is 14.9. The maximum absolute atomic E-state index is 10.8. The standard InChI is InChI=1S/C9H19N3O2.3ClH/c1-2-11-3-5-12(6-4-11)8(7-10)9(13)14;;;/h8H,2-7,10H2,1H3,(H,13,14);3*1H/t8-;;;/m0.../s1. The third-order valence-corrected chi connectivity index (χ3v) is 2.80. The lowest BCUT2D eigenvalue weighted by atomic mass is 10.2. The van der Waals surface area contributed by atoms with Crippen LogP contribution >= 0.6 is 37.2 Å². The largest absolute Gasteiger partial charge is 0.480 e. The van der Waals surface area contributed by atoms with Crippen LogP contribution < -0.4 is 5.73 Å². The molecule has 1 heterocycles. The van der Waals surface area contributed by atoms with Crippen LogP contribution in [-0.2, 0) is 4.79 Å². The Morgan fingerprint density at radius 2 is 1.71 bits per heavy atom. The maximum atomic E-state index is 10.8. The first-order valence-electron chi connectivity index (χ1n) is 5.08. The Balaban J connectivity index is -0.000000653. The molecule has 0 aromatic rings. The number of carbonyl (C=O) groups is 1. The summed E-state index contributed by atoms with van der Waals surface area (Å²) in [4.78, 5) is 15.1. The molecule has 1 aliphatic heterocycles. The van der Waals surface area contributed by atoms with E-state index in [9.17, 15) is 4.79 Å². The van der Waals surface area contributed by atoms with Crippen molar-refractivity contribution in [3.8, 4) is 0 Å². The van der Waals surface area contributed by atoms with Crippen LogP contribution in [0.3, 0.4) is 0 Å². The van der Waals surface area contributed by atoms with Gasteiger partial charge in [0, 0.05) is 32.7 Å². The highest BCUT2D eigenvalue weighted by Gasteiger charge is 2.26. The molecular weight excluding hydrogens is 288 g/mol. The van der Waals surface area contributed by atoms with E-state index in [0.29, 0.717) is 0 Å². The fourth-order valence-electron chi connectivity index (χ4n) is 1.80. The topological polar surface area (TPSA) is 69.8 Å². The molecule has 0 spiro atoms. The third kappa shape index (κ3) is 6.64. The summed E-state index contributed by atoms with van der Waals surface area (Å²) in [6.45, 7) is 6.85. The van der Waals surface area contributed by atoms with Gasteiger partial charge in [0.25, 0.3) is 0 Å². The molecule has 0 radical (unpaired) electrons. The van der Waals surface area contributed by atoms with Crippen LogP contribution in [0.5, 0.6) is 0 Å². The van der Waals surface area contributed by atoms with Crippen LogP contribution in [0, 0.1) is 0 Å². The zero-order chi connectivity index (χ0) is 10.6. The summed E-state index contributed by atoms with van der Waals surface area (Å²) in [7, 11) is 0. The molecule has 1 saturated heterocycles. The number of aliphatic carboxylic acids is 1. The molecule has 5 nitrogen and oxygen atoms in total. The highest BCUT2D eigenvalue weighted by molar-refractivity contribution is 5.86. The van der Waals surface area contributed by atoms with Gasteiger partial charge in [-0.1, -0.05) is 6.92 Å². The van der Waals surface area contributed by atoms with E-state index >= 15 is 0 Å². The molecule has 17 heavy (non-hydrogen) atoms. The van der Waals surface area contributed by atoms with Crippen molar-refractivity contribution >= 4 is 43.2 Å². The van der Waals surface area contributed by atoms with Gasteiger partial charge >= 0.3 is 5.97 Å². The monoisotopic (exact) mass is 309 g/mol. The molecule has 0 aliphatic carbocycles. The van der Waals surface area contributed by atoms with E-state index < -0.39 is 12.0 Å². The van der Waals surface area contributed by atoms with E-state index in [0.717, 1.165) is 32.7 Å². The first-order valence-corrected chi connectivity index (χ1v) is 5.08. The van der Waals surface area contributed by atoms with Crippen LogP contribution in [0.15, 0.2) is 0 Å². The lowest BCUT2D eigenvalue weighted by Crippen LogP contribution is -2.54. The Morgan fingerprint density at radius 1 is 1.24 bits per heavy atom. The number of piperazine rings is 1. The van der Waals surface area contributed by atoms with Gasteiger partial charge in [-0.2, -0.15) is 0 Å². The summed E-state index contributed by atoms with van der Waals surface area (Å²) in [5.41, 5.74) is 5.44. The van der Waals surface area contributed by atoms with Gasteiger partial charge in [0.15, 0.2) is 0 Å². The van der Waals surface area contributed by atoms with E-state index in [4.69, 9.17) is 10.8 Å². The maximum Gasteiger partial charge on any atom is 0.322 e. The minimum Gasteiger partial charge on any atom is -0.480 e. The summed E-state index contributed by atoms with van der Waals surface area (Å²) >= 11 is 0. The zero-order valence-electron chi connectivity index (χ0n) is 9.87. The van der Waals surface area contributed by atoms with E-state index in [1.165, 1.54) is 0 Å². The van der Waals surface area contributed by atoms with Crippen molar-refractivity contribution in [2.75, 3.05) is 39.3 Å². The van der Waals surface area contributed by atoms with Crippen LogP contribution in [0.1, 0.15) is 6.92 Å². The number of carboxylic acid groups (broad SMARTS) is 1. The van der Waals surface area contributed by atoms with Crippen molar-refractivity contribution in [1.29, 1.82) is 0 Å². The van der Waals surface area contributed by atoms with Gasteiger partial charge in [0.2, 0.25) is 0 Å². The summed E-state index contributed by atoms with van der Waals surface area (Å²) in [6.07, 6.45) is 0. The Bertz CT molecular complexity index is 202. The summed E-state index contributed by atoms with van der Waals surface area (Å²) in [5, 5.41) is 8.91. The fourth-order valence-corrected chi connectivity index (χ4v) is 1.80. The van der Waals surface area contributed by atoms with Crippen molar-refractivity contribution in [2.45, 2.75) is 13.0 Å². The average Bonchev–Trinajstić information content (AvgIpc) is 2.19. The lowest BCUT2D eigenvalue weighted by Gasteiger charge is -2.36. The minimum atomic E-state index is -0.808. The first-order chi connectivity index (χ1) is 6.69. The predicted molar refractivity (Wildman–Crippen MR) is 75.9 cm³/mol. The van der Waals surface area contributed by atoms with E-state index in [2.05, 4.69) is 11.8 Å². The van der Waals surface area contributed by atoms with Crippen molar-refractivity contribution in [2.24, 2.45) is 5.73 Å². The molecule has 1 rings (SSSR count). The number of rotatable bonds is 4. The smallest absolute Gasteiger partial charge is 0.322 e. The van der Waals surface area contributed by atoms with Crippen molar-refractivity contribution < 1.29 is 9.90 Å². The van der Waals surface area contributed by atoms with Crippen molar-refractivity contribution in [3.63, 3.8) is 0 Å². The molecule has 0 bridgehead atoms. The van der Waals surface area contributed by atoms with Gasteiger partial charge in [-0.25, -0.2) is 0 Å². The minimum absolute atomic E-state index is 0. The van der Waals surface area contributed by atoms with E-state index in [1.807, 2.05) is 4.90 Å². The zero-order valence-corrected chi connectivity index (χ0v) is 12.3. The van der Waals surface area contributed by atoms with Gasteiger partial charge < -0.3 is 15.7 Å². The summed E-state index contributed by atoms with van der Waals surface area (Å²) in [5.74, 6) is -0.808. The highest BCUT2D eigenvalue weighted by atomic mass is 35.5. The molecule has 106 valence electrons. The molecule has 0 unspecified atom stereocenters. The molecule has 3 N–H and O–H groups in total. The second kappa shape index (κ2) is 11.3. The SMILES string of the molecule is CCN1CCN([C@@H](CN)C(=O)O)CC1.Cl.Cl.Cl. The van der Waals surface area contributed by atoms with Crippen LogP contribution in [0.2, 0.25) is 0 Å². The quantitative estimate of drug-likeness (QED) is 0.782. The summed E-state index contributed by atoms with van der Waals surface area (Å²) < 4.78 is 0. The Labute approximate surface area is 121 Å². The van der Waals surface area contributed by atoms with Gasteiger partial charge in [-0.3, -0.25) is 9.69 Å². The molecule has 1 atom stereocenters. The Morgan fingerprint density at radius 3 is 2.00 bits per heavy atom. The van der Waals surface area contributed by atoms with Gasteiger partial charge in [-0.15, -0.1) is 37.2 Å². The van der Waals surface area contributed by atoms with Crippen LogP contribution in [0.4, 0.5) is 0 Å². The molecule has 8 heteroatoms. The van der Waals surface area contributed by atoms with Gasteiger partial charge in [0.1, 0.15) is 6.04 Å². The molecule has 0 aromatic carbocycles. The predicted octanol–water partition coefficient (Wildman–Crippen LogP) is 0.301. The molecule has 0 aromatic heterocycles. The molecule has 1 fully saturated rings. The third-order valence-electron chi connectivity index (χ3n) is 2.80. The van der Waals surface area contributed by atoms with Gasteiger partial charge in [0.05, 0.1) is 0 Å². The number of hydrogen-bond donors (Lipinski definition) is 2. The van der Waals surface area contributed by atoms with Gasteiger partial charge in [-0.05, 0) is 6.54 Å². The van der Waals surface area contributed by atoms with Crippen LogP contribution in [-0.4, -0.2) is 66.2 Å². The number of halogens is 3. The van der Waals surface area contributed by atoms with Crippen molar-refractivity contribution in [1.82, 2.24) is 9.80 Å². The molecule has 0 amide bonds. The van der Waals surface area contributed by atoms with E-state index in [-0.39, 0.29) is 43.8 Å². The van der Waals surface area contributed by atoms with Crippen molar-refractivity contribution in [3.05, 3.63) is 0 Å². The molecule has 1 aliphatic rings. The fraction of sp³-hybridized carbons (Fsp3) is 0.889. The normalized spacial score (nSPS) is 18.2. The number of likely N-dealkylation sites (N-methyl/N-ethyl adjacent to an activating group) is 1. The number of carboxylic acids is 1. The average molecular weight is 311 g/mol. The van der Waals surface area contributed by atoms with E-state index in [1.54, 1.807) is 0 Å². The first kappa shape index (κ1) is 22.4.